The van der Waals surface area contributed by atoms with E-state index in [0.717, 1.165) is 6.42 Å². The highest BCUT2D eigenvalue weighted by Crippen LogP contribution is 2.17. The van der Waals surface area contributed by atoms with Crippen molar-refractivity contribution in [3.05, 3.63) is 0 Å². The summed E-state index contributed by atoms with van der Waals surface area (Å²) in [6.45, 7) is 10.6. The smallest absolute Gasteiger partial charge is 0.315 e. The van der Waals surface area contributed by atoms with Crippen LogP contribution in [0.4, 0.5) is 4.79 Å². The summed E-state index contributed by atoms with van der Waals surface area (Å²) in [6.07, 6.45) is 1.36. The second-order valence-corrected chi connectivity index (χ2v) is 6.47. The lowest BCUT2D eigenvalue weighted by Gasteiger charge is -2.26. The number of carboxylic acid groups (broad SMARTS) is 1. The molecule has 0 radical (unpaired) electrons. The predicted molar refractivity (Wildman–Crippen MR) is 71.6 cm³/mol. The minimum absolute atomic E-state index is 0.0509. The Morgan fingerprint density at radius 2 is 1.61 bits per heavy atom. The molecule has 0 atom stereocenters. The van der Waals surface area contributed by atoms with Gasteiger partial charge in [0, 0.05) is 18.5 Å². The molecule has 0 unspecified atom stereocenters. The summed E-state index contributed by atoms with van der Waals surface area (Å²) >= 11 is 0. The van der Waals surface area contributed by atoms with E-state index in [9.17, 15) is 9.59 Å². The molecule has 0 aromatic heterocycles. The second-order valence-electron chi connectivity index (χ2n) is 6.47. The number of carboxylic acids is 1. The number of aliphatic carboxylic acids is 1. The number of hydrogen-bond donors (Lipinski definition) is 3. The molecule has 0 rings (SSSR count). The van der Waals surface area contributed by atoms with Crippen LogP contribution in [0.3, 0.4) is 0 Å². The van der Waals surface area contributed by atoms with Crippen molar-refractivity contribution in [3.63, 3.8) is 0 Å². The van der Waals surface area contributed by atoms with Gasteiger partial charge in [0.15, 0.2) is 0 Å². The van der Waals surface area contributed by atoms with E-state index in [1.54, 1.807) is 0 Å². The average Bonchev–Trinajstić information content (AvgIpc) is 2.12. The van der Waals surface area contributed by atoms with Gasteiger partial charge in [0.2, 0.25) is 0 Å². The van der Waals surface area contributed by atoms with Gasteiger partial charge in [0.05, 0.1) is 0 Å². The van der Waals surface area contributed by atoms with Crippen molar-refractivity contribution in [1.82, 2.24) is 10.6 Å². The normalized spacial score (nSPS) is 12.1. The lowest BCUT2D eigenvalue weighted by atomic mass is 9.92. The van der Waals surface area contributed by atoms with Crippen LogP contribution in [0.5, 0.6) is 0 Å². The molecule has 0 aromatic carbocycles. The topological polar surface area (TPSA) is 78.4 Å². The third-order valence-electron chi connectivity index (χ3n) is 2.58. The minimum atomic E-state index is -0.849. The third-order valence-corrected chi connectivity index (χ3v) is 2.58. The lowest BCUT2D eigenvalue weighted by Crippen LogP contribution is -2.49. The molecule has 2 amide bonds. The number of rotatable bonds is 6. The maximum absolute atomic E-state index is 11.6. The van der Waals surface area contributed by atoms with Crippen molar-refractivity contribution < 1.29 is 14.7 Å². The molecule has 3 N–H and O–H groups in total. The number of urea groups is 1. The van der Waals surface area contributed by atoms with E-state index < -0.39 is 11.5 Å². The summed E-state index contributed by atoms with van der Waals surface area (Å²) in [5.74, 6) is -0.849. The SMILES string of the molecule is CC(C)(C)CCNC(=O)NC(C)(C)CCC(=O)O. The van der Waals surface area contributed by atoms with Gasteiger partial charge in [-0.15, -0.1) is 0 Å². The maximum Gasteiger partial charge on any atom is 0.315 e. The second kappa shape index (κ2) is 6.61. The van der Waals surface area contributed by atoms with Crippen LogP contribution in [0.1, 0.15) is 53.9 Å². The quantitative estimate of drug-likeness (QED) is 0.684. The van der Waals surface area contributed by atoms with Gasteiger partial charge in [0.1, 0.15) is 0 Å². The zero-order valence-corrected chi connectivity index (χ0v) is 12.1. The Hall–Kier alpha value is -1.26. The van der Waals surface area contributed by atoms with Crippen LogP contribution < -0.4 is 10.6 Å². The Bertz CT molecular complexity index is 293. The Labute approximate surface area is 109 Å². The maximum atomic E-state index is 11.6. The highest BCUT2D eigenvalue weighted by atomic mass is 16.4. The first-order valence-corrected chi connectivity index (χ1v) is 6.30. The van der Waals surface area contributed by atoms with Gasteiger partial charge >= 0.3 is 12.0 Å². The molecule has 0 spiro atoms. The molecule has 0 saturated carbocycles. The van der Waals surface area contributed by atoms with E-state index in [1.807, 2.05) is 13.8 Å². The largest absolute Gasteiger partial charge is 0.481 e. The Morgan fingerprint density at radius 1 is 1.06 bits per heavy atom. The molecule has 5 heteroatoms. The van der Waals surface area contributed by atoms with E-state index in [-0.39, 0.29) is 17.9 Å². The van der Waals surface area contributed by atoms with E-state index in [2.05, 4.69) is 31.4 Å². The summed E-state index contributed by atoms with van der Waals surface area (Å²) in [6, 6.07) is -0.241. The van der Waals surface area contributed by atoms with Crippen LogP contribution in [0.2, 0.25) is 0 Å². The first kappa shape index (κ1) is 16.7. The highest BCUT2D eigenvalue weighted by Gasteiger charge is 2.21. The van der Waals surface area contributed by atoms with Gasteiger partial charge in [0.25, 0.3) is 0 Å². The molecule has 18 heavy (non-hydrogen) atoms. The van der Waals surface area contributed by atoms with Gasteiger partial charge in [-0.2, -0.15) is 0 Å². The number of amides is 2. The molecule has 0 fully saturated rings. The summed E-state index contributed by atoms with van der Waals surface area (Å²) in [5.41, 5.74) is -0.323. The summed E-state index contributed by atoms with van der Waals surface area (Å²) < 4.78 is 0. The molecule has 0 aliphatic heterocycles. The van der Waals surface area contributed by atoms with Crippen molar-refractivity contribution in [2.75, 3.05) is 6.54 Å². The van der Waals surface area contributed by atoms with E-state index in [1.165, 1.54) is 0 Å². The number of carbonyl (C=O) groups excluding carboxylic acids is 1. The Morgan fingerprint density at radius 3 is 2.06 bits per heavy atom. The fourth-order valence-corrected chi connectivity index (χ4v) is 1.38. The Kier molecular flexibility index (Phi) is 6.15. The fourth-order valence-electron chi connectivity index (χ4n) is 1.38. The number of hydrogen-bond acceptors (Lipinski definition) is 2. The molecule has 106 valence electrons. The van der Waals surface area contributed by atoms with Crippen LogP contribution in [0, 0.1) is 5.41 Å². The summed E-state index contributed by atoms with van der Waals surface area (Å²) in [7, 11) is 0. The van der Waals surface area contributed by atoms with Crippen molar-refractivity contribution in [2.24, 2.45) is 5.41 Å². The Balaban J connectivity index is 3.95. The van der Waals surface area contributed by atoms with Crippen LogP contribution >= 0.6 is 0 Å². The molecule has 0 bridgehead atoms. The highest BCUT2D eigenvalue weighted by molar-refractivity contribution is 5.74. The number of carbonyl (C=O) groups is 2. The molecule has 0 saturated heterocycles. The van der Waals surface area contributed by atoms with Gasteiger partial charge in [-0.25, -0.2) is 4.79 Å². The van der Waals surface area contributed by atoms with Gasteiger partial charge in [-0.1, -0.05) is 20.8 Å². The fraction of sp³-hybridized carbons (Fsp3) is 0.846. The molecule has 0 aliphatic rings. The standard InChI is InChI=1S/C13H26N2O3/c1-12(2,3)8-9-14-11(18)15-13(4,5)7-6-10(16)17/h6-9H2,1-5H3,(H,16,17)(H2,14,15,18). The van der Waals surface area contributed by atoms with E-state index >= 15 is 0 Å². The summed E-state index contributed by atoms with van der Waals surface area (Å²) in [4.78, 5) is 22.1. The van der Waals surface area contributed by atoms with Crippen LogP contribution in [0.15, 0.2) is 0 Å². The van der Waals surface area contributed by atoms with Crippen LogP contribution in [0.25, 0.3) is 0 Å². The minimum Gasteiger partial charge on any atom is -0.481 e. The first-order valence-electron chi connectivity index (χ1n) is 6.30. The molecule has 0 aromatic rings. The lowest BCUT2D eigenvalue weighted by molar-refractivity contribution is -0.137. The molecule has 0 aliphatic carbocycles. The van der Waals surface area contributed by atoms with Crippen LogP contribution in [-0.4, -0.2) is 29.2 Å². The van der Waals surface area contributed by atoms with E-state index in [0.29, 0.717) is 13.0 Å². The number of nitrogens with one attached hydrogen (secondary N) is 2. The molecular formula is C13H26N2O3. The zero-order valence-electron chi connectivity index (χ0n) is 12.1. The van der Waals surface area contributed by atoms with Crippen LogP contribution in [-0.2, 0) is 4.79 Å². The third kappa shape index (κ3) is 9.93. The van der Waals surface area contributed by atoms with Crippen molar-refractivity contribution in [1.29, 1.82) is 0 Å². The van der Waals surface area contributed by atoms with Gasteiger partial charge in [-0.05, 0) is 32.1 Å². The monoisotopic (exact) mass is 258 g/mol. The van der Waals surface area contributed by atoms with Gasteiger partial charge < -0.3 is 15.7 Å². The van der Waals surface area contributed by atoms with Crippen molar-refractivity contribution >= 4 is 12.0 Å². The molecule has 0 heterocycles. The van der Waals surface area contributed by atoms with Gasteiger partial charge in [-0.3, -0.25) is 4.79 Å². The van der Waals surface area contributed by atoms with Crippen molar-refractivity contribution in [3.8, 4) is 0 Å². The van der Waals surface area contributed by atoms with Crippen molar-refractivity contribution in [2.45, 2.75) is 59.4 Å². The first-order chi connectivity index (χ1) is 8.02. The zero-order chi connectivity index (χ0) is 14.4. The molecular weight excluding hydrogens is 232 g/mol. The van der Waals surface area contributed by atoms with E-state index in [4.69, 9.17) is 5.11 Å². The molecule has 5 nitrogen and oxygen atoms in total. The predicted octanol–water partition coefficient (Wildman–Crippen LogP) is 2.37. The summed E-state index contributed by atoms with van der Waals surface area (Å²) in [5, 5.41) is 14.2. The average molecular weight is 258 g/mol.